The number of carbonyl (C=O) groups excluding carboxylic acids is 1. The molecule has 0 aliphatic heterocycles. The number of hydrogen-bond donors (Lipinski definition) is 1. The van der Waals surface area contributed by atoms with E-state index in [9.17, 15) is 4.79 Å². The van der Waals surface area contributed by atoms with Crippen molar-refractivity contribution < 1.29 is 4.79 Å². The molecule has 1 fully saturated rings. The van der Waals surface area contributed by atoms with Gasteiger partial charge >= 0.3 is 0 Å². The molecular weight excluding hydrogens is 264 g/mol. The van der Waals surface area contributed by atoms with E-state index < -0.39 is 0 Å². The highest BCUT2D eigenvalue weighted by Gasteiger charge is 2.20. The van der Waals surface area contributed by atoms with Crippen LogP contribution < -0.4 is 5.32 Å². The standard InChI is InChI=1S/C16H22N4O/c1-12(16-19-18-14-9-5-6-10-20(14)16)17-15(21)11-13-7-3-2-4-8-13/h5-6,9-10,12-13H,2-4,7-8,11H2,1H3,(H,17,21). The smallest absolute Gasteiger partial charge is 0.220 e. The second-order valence-corrected chi connectivity index (χ2v) is 5.98. The summed E-state index contributed by atoms with van der Waals surface area (Å²) in [6.45, 7) is 1.96. The molecule has 1 N–H and O–H groups in total. The lowest BCUT2D eigenvalue weighted by molar-refractivity contribution is -0.122. The molecule has 1 unspecified atom stereocenters. The molecule has 2 aromatic rings. The molecule has 3 rings (SSSR count). The lowest BCUT2D eigenvalue weighted by Gasteiger charge is -2.21. The van der Waals surface area contributed by atoms with E-state index in [1.807, 2.05) is 35.7 Å². The van der Waals surface area contributed by atoms with Crippen LogP contribution in [0.25, 0.3) is 5.65 Å². The van der Waals surface area contributed by atoms with Crippen molar-refractivity contribution in [3.05, 3.63) is 30.2 Å². The maximum atomic E-state index is 12.2. The van der Waals surface area contributed by atoms with E-state index in [1.54, 1.807) is 0 Å². The van der Waals surface area contributed by atoms with Gasteiger partial charge in [0, 0.05) is 12.6 Å². The molecule has 0 radical (unpaired) electrons. The van der Waals surface area contributed by atoms with Gasteiger partial charge in [-0.15, -0.1) is 10.2 Å². The Morgan fingerprint density at radius 3 is 2.95 bits per heavy atom. The third-order valence-electron chi connectivity index (χ3n) is 4.30. The van der Waals surface area contributed by atoms with Crippen LogP contribution in [0.1, 0.15) is 57.3 Å². The minimum Gasteiger partial charge on any atom is -0.346 e. The van der Waals surface area contributed by atoms with Gasteiger partial charge < -0.3 is 5.32 Å². The Bertz CT molecular complexity index is 616. The number of amides is 1. The summed E-state index contributed by atoms with van der Waals surface area (Å²) in [5, 5.41) is 11.4. The molecule has 1 saturated carbocycles. The number of carbonyl (C=O) groups is 1. The molecule has 5 heteroatoms. The lowest BCUT2D eigenvalue weighted by atomic mass is 9.87. The van der Waals surface area contributed by atoms with Crippen LogP contribution in [0, 0.1) is 5.92 Å². The number of fused-ring (bicyclic) bond motifs is 1. The van der Waals surface area contributed by atoms with Crippen LogP contribution in [-0.2, 0) is 4.79 Å². The Labute approximate surface area is 124 Å². The van der Waals surface area contributed by atoms with Gasteiger partial charge in [0.15, 0.2) is 11.5 Å². The summed E-state index contributed by atoms with van der Waals surface area (Å²) in [6.07, 6.45) is 8.80. The third-order valence-corrected chi connectivity index (χ3v) is 4.30. The van der Waals surface area contributed by atoms with Crippen molar-refractivity contribution in [1.82, 2.24) is 19.9 Å². The highest BCUT2D eigenvalue weighted by Crippen LogP contribution is 2.26. The first-order chi connectivity index (χ1) is 10.2. The zero-order valence-corrected chi connectivity index (χ0v) is 12.5. The Hall–Kier alpha value is -1.91. The maximum Gasteiger partial charge on any atom is 0.220 e. The van der Waals surface area contributed by atoms with Gasteiger partial charge in [-0.05, 0) is 37.8 Å². The van der Waals surface area contributed by atoms with E-state index in [-0.39, 0.29) is 11.9 Å². The summed E-state index contributed by atoms with van der Waals surface area (Å²) in [6, 6.07) is 5.65. The highest BCUT2D eigenvalue weighted by molar-refractivity contribution is 5.76. The molecular formula is C16H22N4O. The molecule has 1 aliphatic rings. The first-order valence-corrected chi connectivity index (χ1v) is 7.83. The van der Waals surface area contributed by atoms with Crippen LogP contribution in [0.3, 0.4) is 0 Å². The second kappa shape index (κ2) is 6.24. The van der Waals surface area contributed by atoms with Crippen molar-refractivity contribution in [2.45, 2.75) is 51.5 Å². The van der Waals surface area contributed by atoms with Crippen molar-refractivity contribution in [3.63, 3.8) is 0 Å². The van der Waals surface area contributed by atoms with E-state index in [4.69, 9.17) is 0 Å². The summed E-state index contributed by atoms with van der Waals surface area (Å²) in [5.41, 5.74) is 0.806. The third kappa shape index (κ3) is 3.23. The molecule has 5 nitrogen and oxygen atoms in total. The number of pyridine rings is 1. The van der Waals surface area contributed by atoms with Crippen LogP contribution in [0.5, 0.6) is 0 Å². The molecule has 0 bridgehead atoms. The van der Waals surface area contributed by atoms with E-state index in [0.717, 1.165) is 11.5 Å². The van der Waals surface area contributed by atoms with Crippen molar-refractivity contribution >= 4 is 11.6 Å². The van der Waals surface area contributed by atoms with Crippen molar-refractivity contribution in [2.75, 3.05) is 0 Å². The molecule has 1 amide bonds. The van der Waals surface area contributed by atoms with Crippen LogP contribution in [0.2, 0.25) is 0 Å². The number of hydrogen-bond acceptors (Lipinski definition) is 3. The Morgan fingerprint density at radius 2 is 2.14 bits per heavy atom. The molecule has 21 heavy (non-hydrogen) atoms. The van der Waals surface area contributed by atoms with Gasteiger partial charge in [0.25, 0.3) is 0 Å². The van der Waals surface area contributed by atoms with E-state index in [0.29, 0.717) is 12.3 Å². The van der Waals surface area contributed by atoms with Gasteiger partial charge in [-0.1, -0.05) is 25.3 Å². The van der Waals surface area contributed by atoms with Gasteiger partial charge in [0.2, 0.25) is 5.91 Å². The molecule has 1 atom stereocenters. The summed E-state index contributed by atoms with van der Waals surface area (Å²) < 4.78 is 1.92. The van der Waals surface area contributed by atoms with Crippen molar-refractivity contribution in [3.8, 4) is 0 Å². The molecule has 0 saturated heterocycles. The predicted octanol–water partition coefficient (Wildman–Crippen LogP) is 2.88. The summed E-state index contributed by atoms with van der Waals surface area (Å²) in [5.74, 6) is 1.46. The predicted molar refractivity (Wildman–Crippen MR) is 80.7 cm³/mol. The van der Waals surface area contributed by atoms with Crippen molar-refractivity contribution in [2.24, 2.45) is 5.92 Å². The molecule has 112 valence electrons. The normalized spacial score (nSPS) is 17.8. The fraction of sp³-hybridized carbons (Fsp3) is 0.562. The Kier molecular flexibility index (Phi) is 4.18. The van der Waals surface area contributed by atoms with Crippen molar-refractivity contribution in [1.29, 1.82) is 0 Å². The number of nitrogens with zero attached hydrogens (tertiary/aromatic N) is 3. The maximum absolute atomic E-state index is 12.2. The minimum absolute atomic E-state index is 0.126. The molecule has 0 spiro atoms. The average Bonchev–Trinajstić information content (AvgIpc) is 2.92. The fourth-order valence-corrected chi connectivity index (χ4v) is 3.17. The van der Waals surface area contributed by atoms with Gasteiger partial charge in [0.05, 0.1) is 6.04 Å². The van der Waals surface area contributed by atoms with Gasteiger partial charge in [-0.2, -0.15) is 0 Å². The number of aromatic nitrogens is 3. The molecule has 2 heterocycles. The zero-order chi connectivity index (χ0) is 14.7. The SMILES string of the molecule is CC(NC(=O)CC1CCCCC1)c1nnc2ccccn12. The number of nitrogens with one attached hydrogen (secondary N) is 1. The van der Waals surface area contributed by atoms with E-state index >= 15 is 0 Å². The van der Waals surface area contributed by atoms with E-state index in [2.05, 4.69) is 15.5 Å². The summed E-state index contributed by atoms with van der Waals surface area (Å²) in [7, 11) is 0. The average molecular weight is 286 g/mol. The monoisotopic (exact) mass is 286 g/mol. The van der Waals surface area contributed by atoms with Gasteiger partial charge in [-0.25, -0.2) is 0 Å². The second-order valence-electron chi connectivity index (χ2n) is 5.98. The molecule has 1 aliphatic carbocycles. The van der Waals surface area contributed by atoms with Crippen LogP contribution in [-0.4, -0.2) is 20.5 Å². The van der Waals surface area contributed by atoms with Crippen LogP contribution in [0.4, 0.5) is 0 Å². The Morgan fingerprint density at radius 1 is 1.33 bits per heavy atom. The Balaban J connectivity index is 1.62. The molecule has 2 aromatic heterocycles. The van der Waals surface area contributed by atoms with Gasteiger partial charge in [-0.3, -0.25) is 9.20 Å². The lowest BCUT2D eigenvalue weighted by Crippen LogP contribution is -2.30. The minimum atomic E-state index is -0.126. The largest absolute Gasteiger partial charge is 0.346 e. The molecule has 0 aromatic carbocycles. The fourth-order valence-electron chi connectivity index (χ4n) is 3.17. The van der Waals surface area contributed by atoms with Crippen LogP contribution >= 0.6 is 0 Å². The quantitative estimate of drug-likeness (QED) is 0.940. The van der Waals surface area contributed by atoms with Crippen LogP contribution in [0.15, 0.2) is 24.4 Å². The van der Waals surface area contributed by atoms with Gasteiger partial charge in [0.1, 0.15) is 0 Å². The number of rotatable bonds is 4. The highest BCUT2D eigenvalue weighted by atomic mass is 16.1. The van der Waals surface area contributed by atoms with E-state index in [1.165, 1.54) is 32.1 Å². The first kappa shape index (κ1) is 14.0. The summed E-state index contributed by atoms with van der Waals surface area (Å²) >= 11 is 0. The zero-order valence-electron chi connectivity index (χ0n) is 12.5. The topological polar surface area (TPSA) is 59.3 Å². The first-order valence-electron chi connectivity index (χ1n) is 7.83. The summed E-state index contributed by atoms with van der Waals surface area (Å²) in [4.78, 5) is 12.2.